The monoisotopic (exact) mass is 352 g/mol. The van der Waals surface area contributed by atoms with E-state index in [0.29, 0.717) is 30.4 Å². The van der Waals surface area contributed by atoms with Crippen molar-refractivity contribution in [2.75, 3.05) is 23.8 Å². The molecule has 2 aliphatic heterocycles. The third-order valence-electron chi connectivity index (χ3n) is 4.76. The van der Waals surface area contributed by atoms with E-state index in [1.54, 1.807) is 6.07 Å². The molecule has 0 aliphatic carbocycles. The second kappa shape index (κ2) is 6.05. The third kappa shape index (κ3) is 2.87. The fraction of sp³-hybridized carbons (Fsp3) is 0.300. The molecule has 6 nitrogen and oxygen atoms in total. The minimum absolute atomic E-state index is 0.0349. The van der Waals surface area contributed by atoms with Gasteiger partial charge < -0.3 is 20.1 Å². The van der Waals surface area contributed by atoms with Gasteiger partial charge in [0.1, 0.15) is 13.2 Å². The van der Waals surface area contributed by atoms with Crippen LogP contribution in [0.4, 0.5) is 11.4 Å². The lowest BCUT2D eigenvalue weighted by Gasteiger charge is -2.19. The van der Waals surface area contributed by atoms with E-state index in [0.717, 1.165) is 16.8 Å². The number of fused-ring (bicyclic) bond motifs is 2. The summed E-state index contributed by atoms with van der Waals surface area (Å²) in [6.07, 6.45) is 0.230. The molecule has 0 unspecified atom stereocenters. The van der Waals surface area contributed by atoms with Gasteiger partial charge in [-0.1, -0.05) is 6.07 Å². The molecule has 4 rings (SSSR count). The molecule has 2 aliphatic rings. The van der Waals surface area contributed by atoms with E-state index in [-0.39, 0.29) is 18.2 Å². The molecule has 134 valence electrons. The zero-order chi connectivity index (χ0) is 18.3. The Morgan fingerprint density at radius 3 is 2.69 bits per heavy atom. The predicted molar refractivity (Wildman–Crippen MR) is 97.9 cm³/mol. The molecule has 0 radical (unpaired) electrons. The van der Waals surface area contributed by atoms with Gasteiger partial charge in [-0.25, -0.2) is 0 Å². The summed E-state index contributed by atoms with van der Waals surface area (Å²) in [7, 11) is 0. The van der Waals surface area contributed by atoms with Gasteiger partial charge in [0.15, 0.2) is 11.5 Å². The summed E-state index contributed by atoms with van der Waals surface area (Å²) in [6, 6.07) is 11.0. The Morgan fingerprint density at radius 1 is 1.12 bits per heavy atom. The Hall–Kier alpha value is -3.02. The first kappa shape index (κ1) is 16.4. The number of hydrogen-bond acceptors (Lipinski definition) is 4. The van der Waals surface area contributed by atoms with Gasteiger partial charge in [0.25, 0.3) is 0 Å². The van der Waals surface area contributed by atoms with Crippen molar-refractivity contribution in [3.63, 3.8) is 0 Å². The number of carbonyl (C=O) groups excluding carboxylic acids is 2. The molecule has 2 amide bonds. The summed E-state index contributed by atoms with van der Waals surface area (Å²) < 4.78 is 11.0. The predicted octanol–water partition coefficient (Wildman–Crippen LogP) is 2.87. The summed E-state index contributed by atoms with van der Waals surface area (Å²) >= 11 is 0. The highest BCUT2D eigenvalue weighted by Crippen LogP contribution is 2.38. The maximum atomic E-state index is 12.4. The lowest BCUT2D eigenvalue weighted by molar-refractivity contribution is -0.119. The molecular formula is C20H20N2O4. The molecular weight excluding hydrogens is 332 g/mol. The molecule has 0 saturated heterocycles. The van der Waals surface area contributed by atoms with Crippen molar-refractivity contribution in [2.24, 2.45) is 0 Å². The number of rotatable bonds is 3. The van der Waals surface area contributed by atoms with Gasteiger partial charge in [0.2, 0.25) is 11.8 Å². The largest absolute Gasteiger partial charge is 0.486 e. The fourth-order valence-corrected chi connectivity index (χ4v) is 3.24. The summed E-state index contributed by atoms with van der Waals surface area (Å²) in [5.41, 5.74) is 2.61. The van der Waals surface area contributed by atoms with E-state index in [4.69, 9.17) is 9.47 Å². The lowest BCUT2D eigenvalue weighted by atomic mass is 9.86. The van der Waals surface area contributed by atoms with E-state index in [2.05, 4.69) is 10.6 Å². The Labute approximate surface area is 151 Å². The first-order valence-corrected chi connectivity index (χ1v) is 8.58. The van der Waals surface area contributed by atoms with Gasteiger partial charge >= 0.3 is 0 Å². The second-order valence-corrected chi connectivity index (χ2v) is 7.04. The zero-order valence-corrected chi connectivity index (χ0v) is 14.7. The average Bonchev–Trinajstić information content (AvgIpc) is 2.84. The molecule has 0 bridgehead atoms. The van der Waals surface area contributed by atoms with E-state index in [1.165, 1.54) is 0 Å². The van der Waals surface area contributed by atoms with Crippen LogP contribution in [0.25, 0.3) is 0 Å². The molecule has 0 fully saturated rings. The average molecular weight is 352 g/mol. The molecule has 0 saturated carbocycles. The summed E-state index contributed by atoms with van der Waals surface area (Å²) in [6.45, 7) is 4.79. The molecule has 2 N–H and O–H groups in total. The minimum atomic E-state index is -0.605. The van der Waals surface area contributed by atoms with Crippen LogP contribution < -0.4 is 20.1 Å². The van der Waals surface area contributed by atoms with Crippen molar-refractivity contribution in [2.45, 2.75) is 25.7 Å². The zero-order valence-electron chi connectivity index (χ0n) is 14.7. The van der Waals surface area contributed by atoms with Crippen LogP contribution in [0.1, 0.15) is 25.0 Å². The van der Waals surface area contributed by atoms with Gasteiger partial charge in [-0.3, -0.25) is 9.59 Å². The normalized spacial score (nSPS) is 16.6. The minimum Gasteiger partial charge on any atom is -0.486 e. The first-order chi connectivity index (χ1) is 12.4. The third-order valence-corrected chi connectivity index (χ3v) is 4.76. The number of amides is 2. The highest BCUT2D eigenvalue weighted by molar-refractivity contribution is 6.06. The van der Waals surface area contributed by atoms with Crippen molar-refractivity contribution >= 4 is 23.2 Å². The maximum absolute atomic E-state index is 12.4. The highest BCUT2D eigenvalue weighted by Gasteiger charge is 2.38. The molecule has 2 aromatic carbocycles. The molecule has 0 spiro atoms. The molecule has 6 heteroatoms. The van der Waals surface area contributed by atoms with E-state index in [1.807, 2.05) is 44.2 Å². The number of ether oxygens (including phenoxy) is 2. The van der Waals surface area contributed by atoms with Gasteiger partial charge in [0.05, 0.1) is 11.8 Å². The van der Waals surface area contributed by atoms with Gasteiger partial charge in [-0.15, -0.1) is 0 Å². The fourth-order valence-electron chi connectivity index (χ4n) is 3.24. The van der Waals surface area contributed by atoms with Crippen LogP contribution in [0.3, 0.4) is 0 Å². The van der Waals surface area contributed by atoms with Crippen LogP contribution in [0, 0.1) is 0 Å². The van der Waals surface area contributed by atoms with Crippen LogP contribution >= 0.6 is 0 Å². The number of nitrogens with one attached hydrogen (secondary N) is 2. The SMILES string of the molecule is CC1(C)C(=O)Nc2ccc(NC(=O)Cc3ccc4c(c3)OCCO4)cc21. The van der Waals surface area contributed by atoms with Crippen LogP contribution in [0.2, 0.25) is 0 Å². The Kier molecular flexibility index (Phi) is 3.83. The summed E-state index contributed by atoms with van der Waals surface area (Å²) in [5.74, 6) is 1.22. The summed E-state index contributed by atoms with van der Waals surface area (Å²) in [4.78, 5) is 24.4. The summed E-state index contributed by atoms with van der Waals surface area (Å²) in [5, 5.41) is 5.76. The topological polar surface area (TPSA) is 76.7 Å². The molecule has 2 heterocycles. The van der Waals surface area contributed by atoms with Crippen molar-refractivity contribution in [1.29, 1.82) is 0 Å². The van der Waals surface area contributed by atoms with Crippen molar-refractivity contribution in [3.8, 4) is 11.5 Å². The quantitative estimate of drug-likeness (QED) is 0.891. The highest BCUT2D eigenvalue weighted by atomic mass is 16.6. The van der Waals surface area contributed by atoms with Crippen LogP contribution in [0.15, 0.2) is 36.4 Å². The van der Waals surface area contributed by atoms with E-state index >= 15 is 0 Å². The maximum Gasteiger partial charge on any atom is 0.234 e. The Morgan fingerprint density at radius 2 is 1.88 bits per heavy atom. The number of anilines is 2. The van der Waals surface area contributed by atoms with Crippen molar-refractivity contribution < 1.29 is 19.1 Å². The van der Waals surface area contributed by atoms with Crippen molar-refractivity contribution in [3.05, 3.63) is 47.5 Å². The molecule has 26 heavy (non-hydrogen) atoms. The van der Waals surface area contributed by atoms with E-state index < -0.39 is 5.41 Å². The molecule has 2 aromatic rings. The molecule has 0 atom stereocenters. The van der Waals surface area contributed by atoms with Crippen LogP contribution in [0.5, 0.6) is 11.5 Å². The lowest BCUT2D eigenvalue weighted by Crippen LogP contribution is -2.27. The van der Waals surface area contributed by atoms with Crippen molar-refractivity contribution in [1.82, 2.24) is 0 Å². The van der Waals surface area contributed by atoms with Crippen LogP contribution in [-0.2, 0) is 21.4 Å². The van der Waals surface area contributed by atoms with E-state index in [9.17, 15) is 9.59 Å². The van der Waals surface area contributed by atoms with Gasteiger partial charge in [0, 0.05) is 11.4 Å². The molecule has 0 aromatic heterocycles. The van der Waals surface area contributed by atoms with Gasteiger partial charge in [-0.05, 0) is 55.3 Å². The smallest absolute Gasteiger partial charge is 0.234 e. The Balaban J connectivity index is 1.48. The number of carbonyl (C=O) groups is 2. The second-order valence-electron chi connectivity index (χ2n) is 7.04. The first-order valence-electron chi connectivity index (χ1n) is 8.58. The van der Waals surface area contributed by atoms with Crippen LogP contribution in [-0.4, -0.2) is 25.0 Å². The number of benzene rings is 2. The standard InChI is InChI=1S/C20H20N2O4/c1-20(2)14-11-13(4-5-15(14)22-19(20)24)21-18(23)10-12-3-6-16-17(9-12)26-8-7-25-16/h3-6,9,11H,7-8,10H2,1-2H3,(H,21,23)(H,22,24). The van der Waals surface area contributed by atoms with Gasteiger partial charge in [-0.2, -0.15) is 0 Å². The Bertz CT molecular complexity index is 905. The number of hydrogen-bond donors (Lipinski definition) is 2.